The molecule has 0 aliphatic carbocycles. The van der Waals surface area contributed by atoms with E-state index in [-0.39, 0.29) is 17.8 Å². The Balaban J connectivity index is 0.985. The second-order valence-corrected chi connectivity index (χ2v) is 19.0. The molecule has 0 unspecified atom stereocenters. The Kier molecular flexibility index (Phi) is 10.5. The van der Waals surface area contributed by atoms with E-state index in [4.69, 9.17) is 74.8 Å². The highest BCUT2D eigenvalue weighted by Crippen LogP contribution is 2.54. The van der Waals surface area contributed by atoms with Crippen LogP contribution >= 0.6 is 0 Å². The first-order valence-electron chi connectivity index (χ1n) is 26.0. The Morgan fingerprint density at radius 3 is 0.593 bits per heavy atom. The summed E-state index contributed by atoms with van der Waals surface area (Å²) < 4.78 is 6.39. The van der Waals surface area contributed by atoms with Crippen molar-refractivity contribution in [3.05, 3.63) is 219 Å². The van der Waals surface area contributed by atoms with Gasteiger partial charge in [-0.3, -0.25) is 14.4 Å². The van der Waals surface area contributed by atoms with Gasteiger partial charge in [-0.05, 0) is 0 Å². The fourth-order valence-corrected chi connectivity index (χ4v) is 10.8. The highest BCUT2D eigenvalue weighted by molar-refractivity contribution is 7.10. The summed E-state index contributed by atoms with van der Waals surface area (Å²) in [6.45, 7) is 0. The van der Waals surface area contributed by atoms with Gasteiger partial charge in [-0.25, -0.2) is 44.9 Å². The topological polar surface area (TPSA) is 213 Å². The van der Waals surface area contributed by atoms with E-state index in [0.29, 0.717) is 69.9 Å². The lowest BCUT2D eigenvalue weighted by molar-refractivity contribution is 1.02. The number of hydrogen-bond acceptors (Lipinski definition) is 21. The standard InChI is InChI=1S/C57H36B3N21/c1-7-19-37(20-8-1)43-67-44(38-21-9-2-10-22-38)71-55(70-43)76-49-52(64-34-31-61-49)79-58(76)80-53-50(62-32-35-65-53)77(56-72-45(39-23-11-3-12-24-39)68-46(73-56)40-25-13-4-14-26-40)60(80)81-54-51(63-33-36-66-54)78(59(79)81)57-74-47(41-27-15-5-16-28-41)69-48(75-57)42-29-17-6-18-30-42/h1-36H. The van der Waals surface area contributed by atoms with Crippen molar-refractivity contribution in [2.45, 2.75) is 0 Å². The van der Waals surface area contributed by atoms with Gasteiger partial charge in [0.1, 0.15) is 0 Å². The Morgan fingerprint density at radius 1 is 0.210 bits per heavy atom. The smallest absolute Gasteiger partial charge is 0.365 e. The van der Waals surface area contributed by atoms with Crippen molar-refractivity contribution < 1.29 is 0 Å². The number of nitrogens with zero attached hydrogens (tertiary/aromatic N) is 21. The summed E-state index contributed by atoms with van der Waals surface area (Å²) >= 11 is 0. The molecule has 81 heavy (non-hydrogen) atoms. The van der Waals surface area contributed by atoms with Crippen LogP contribution in [0.5, 0.6) is 0 Å². The molecular weight excluding hydrogens is 1010 g/mol. The van der Waals surface area contributed by atoms with E-state index >= 15 is 0 Å². The summed E-state index contributed by atoms with van der Waals surface area (Å²) in [5.74, 6) is 6.26. The maximum Gasteiger partial charge on any atom is 0.495 e. The molecule has 1 fully saturated rings. The second-order valence-electron chi connectivity index (χ2n) is 19.0. The van der Waals surface area contributed by atoms with Crippen LogP contribution in [0.1, 0.15) is 0 Å². The lowest BCUT2D eigenvalue weighted by atomic mass is 9.56. The molecule has 1 saturated heterocycles. The van der Waals surface area contributed by atoms with E-state index in [1.165, 1.54) is 0 Å². The number of anilines is 9. The predicted octanol–water partition coefficient (Wildman–Crippen LogP) is 8.86. The molecule has 0 atom stereocenters. The summed E-state index contributed by atoms with van der Waals surface area (Å²) in [5.41, 5.74) is 4.73. The minimum Gasteiger partial charge on any atom is -0.365 e. The molecule has 378 valence electrons. The fourth-order valence-electron chi connectivity index (χ4n) is 10.8. The Bertz CT molecular complexity index is 3720. The van der Waals surface area contributed by atoms with E-state index in [1.54, 1.807) is 37.2 Å². The molecule has 21 nitrogen and oxygen atoms in total. The molecule has 10 heterocycles. The number of fused-ring (bicyclic) bond motifs is 12. The summed E-state index contributed by atoms with van der Waals surface area (Å²) in [6.07, 6.45) is 10.0. The Morgan fingerprint density at radius 2 is 0.395 bits per heavy atom. The van der Waals surface area contributed by atoms with Crippen LogP contribution in [0.3, 0.4) is 0 Å². The van der Waals surface area contributed by atoms with Crippen LogP contribution in [0.15, 0.2) is 219 Å². The molecule has 16 rings (SSSR count). The molecule has 6 aromatic carbocycles. The van der Waals surface area contributed by atoms with Gasteiger partial charge in [-0.15, -0.1) is 0 Å². The Labute approximate surface area is 463 Å². The first kappa shape index (κ1) is 45.7. The number of hydrogen-bond donors (Lipinski definition) is 0. The number of aromatic nitrogens is 15. The maximum absolute atomic E-state index is 5.35. The van der Waals surface area contributed by atoms with Crippen molar-refractivity contribution in [2.24, 2.45) is 0 Å². The Hall–Kier alpha value is -11.4. The van der Waals surface area contributed by atoms with Gasteiger partial charge in [-0.1, -0.05) is 182 Å². The van der Waals surface area contributed by atoms with Crippen LogP contribution in [-0.4, -0.2) is 96.1 Å². The van der Waals surface area contributed by atoms with E-state index in [1.807, 2.05) is 196 Å². The van der Waals surface area contributed by atoms with Crippen LogP contribution < -0.4 is 28.6 Å². The minimum atomic E-state index is -0.950. The number of benzene rings is 6. The third-order valence-corrected chi connectivity index (χ3v) is 14.3. The fraction of sp³-hybridized carbons (Fsp3) is 0. The molecule has 4 aliphatic rings. The largest absolute Gasteiger partial charge is 0.495 e. The number of rotatable bonds is 9. The molecule has 12 aromatic rings. The normalized spacial score (nSPS) is 13.7. The van der Waals surface area contributed by atoms with Gasteiger partial charge in [0.15, 0.2) is 69.9 Å². The van der Waals surface area contributed by atoms with Crippen molar-refractivity contribution >= 4 is 74.1 Å². The van der Waals surface area contributed by atoms with Gasteiger partial charge in [-0.2, -0.15) is 29.9 Å². The third kappa shape index (κ3) is 7.48. The molecule has 4 aliphatic heterocycles. The molecule has 0 amide bonds. The van der Waals surface area contributed by atoms with Crippen LogP contribution in [-0.2, 0) is 0 Å². The summed E-state index contributed by atoms with van der Waals surface area (Å²) in [5, 5.41) is 0. The van der Waals surface area contributed by atoms with E-state index in [9.17, 15) is 0 Å². The van der Waals surface area contributed by atoms with Crippen molar-refractivity contribution in [2.75, 3.05) is 28.6 Å². The lowest BCUT2D eigenvalue weighted by Gasteiger charge is -2.49. The molecule has 0 N–H and O–H groups in total. The molecule has 0 bridgehead atoms. The SMILES string of the molecule is c1ccc(-c2nc(-c3ccccc3)nc(N3B4N(B5N(B6N4c4nccnc4N6c4nc(-c6ccccc6)nc(-c6ccccc6)n4)c4nccnc4N5c4nc(-c5ccccc5)nc(-c5ccccc5)n4)c4nccnc43)n2)cc1. The zero-order valence-electron chi connectivity index (χ0n) is 42.4. The van der Waals surface area contributed by atoms with Gasteiger partial charge >= 0.3 is 21.4 Å². The van der Waals surface area contributed by atoms with Gasteiger partial charge in [0.2, 0.25) is 17.8 Å². The molecule has 24 heteroatoms. The van der Waals surface area contributed by atoms with Gasteiger partial charge in [0.05, 0.1) is 0 Å². The third-order valence-electron chi connectivity index (χ3n) is 14.3. The van der Waals surface area contributed by atoms with Crippen LogP contribution in [0, 0.1) is 0 Å². The van der Waals surface area contributed by atoms with Crippen LogP contribution in [0.2, 0.25) is 0 Å². The molecule has 0 spiro atoms. The first-order valence-corrected chi connectivity index (χ1v) is 26.0. The molecular formula is C57H36B3N21. The van der Waals surface area contributed by atoms with Gasteiger partial charge < -0.3 is 14.2 Å². The minimum absolute atomic E-state index is 0.280. The van der Waals surface area contributed by atoms with Crippen molar-refractivity contribution in [3.8, 4) is 68.3 Å². The zero-order valence-corrected chi connectivity index (χ0v) is 42.4. The van der Waals surface area contributed by atoms with Gasteiger partial charge in [0, 0.05) is 70.6 Å². The monoisotopic (exact) mass is 1050 g/mol. The summed E-state index contributed by atoms with van der Waals surface area (Å²) in [7, 11) is -2.85. The summed E-state index contributed by atoms with van der Waals surface area (Å²) in [4.78, 5) is 84.4. The predicted molar refractivity (Wildman–Crippen MR) is 309 cm³/mol. The maximum atomic E-state index is 5.35. The van der Waals surface area contributed by atoms with Crippen LogP contribution in [0.25, 0.3) is 68.3 Å². The van der Waals surface area contributed by atoms with Crippen molar-refractivity contribution in [3.63, 3.8) is 0 Å². The lowest BCUT2D eigenvalue weighted by Crippen LogP contribution is -2.84. The highest BCUT2D eigenvalue weighted by atomic mass is 15.6. The first-order chi connectivity index (χ1) is 40.2. The molecule has 6 aromatic heterocycles. The van der Waals surface area contributed by atoms with Crippen molar-refractivity contribution in [1.82, 2.24) is 74.8 Å². The van der Waals surface area contributed by atoms with Crippen LogP contribution in [0.4, 0.5) is 52.8 Å². The zero-order chi connectivity index (χ0) is 53.4. The van der Waals surface area contributed by atoms with E-state index in [0.717, 1.165) is 33.4 Å². The second kappa shape index (κ2) is 18.7. The summed E-state index contributed by atoms with van der Waals surface area (Å²) in [6, 6.07) is 59.1. The average molecular weight is 1050 g/mol. The quantitative estimate of drug-likeness (QED) is 0.123. The van der Waals surface area contributed by atoms with E-state index in [2.05, 4.69) is 14.2 Å². The molecule has 0 saturated carbocycles. The van der Waals surface area contributed by atoms with E-state index < -0.39 is 21.4 Å². The van der Waals surface area contributed by atoms with Gasteiger partial charge in [0.25, 0.3) is 0 Å². The average Bonchev–Trinajstić information content (AvgIpc) is 4.39. The highest BCUT2D eigenvalue weighted by Gasteiger charge is 2.73. The van der Waals surface area contributed by atoms with Crippen molar-refractivity contribution in [1.29, 1.82) is 0 Å². The molecule has 0 radical (unpaired) electrons.